The lowest BCUT2D eigenvalue weighted by atomic mass is 10.3. The summed E-state index contributed by atoms with van der Waals surface area (Å²) < 4.78 is 7.51. The number of benzene rings is 3. The lowest BCUT2D eigenvalue weighted by Crippen LogP contribution is -2.21. The molecule has 7 nitrogen and oxygen atoms in total. The molecule has 1 heterocycles. The van der Waals surface area contributed by atoms with Gasteiger partial charge in [-0.3, -0.25) is 9.59 Å². The number of hydrogen-bond donors (Lipinski definition) is 2. The molecule has 0 atom stereocenters. The summed E-state index contributed by atoms with van der Waals surface area (Å²) in [4.78, 5) is 29.4. The van der Waals surface area contributed by atoms with Crippen molar-refractivity contribution in [2.45, 2.75) is 19.9 Å². The molecule has 0 fully saturated rings. The van der Waals surface area contributed by atoms with Gasteiger partial charge in [-0.25, -0.2) is 4.98 Å². The van der Waals surface area contributed by atoms with E-state index in [9.17, 15) is 9.59 Å². The Morgan fingerprint density at radius 3 is 2.41 bits per heavy atom. The van der Waals surface area contributed by atoms with Crippen molar-refractivity contribution in [2.75, 3.05) is 17.2 Å². The Morgan fingerprint density at radius 1 is 0.875 bits per heavy atom. The Kier molecular flexibility index (Phi) is 6.46. The Balaban J connectivity index is 1.37. The lowest BCUT2D eigenvalue weighted by Gasteiger charge is -2.11. The van der Waals surface area contributed by atoms with Crippen molar-refractivity contribution < 1.29 is 14.3 Å². The normalized spacial score (nSPS) is 10.7. The molecule has 0 saturated heterocycles. The molecule has 1 aromatic heterocycles. The first kappa shape index (κ1) is 21.1. The van der Waals surface area contributed by atoms with Crippen molar-refractivity contribution in [3.63, 3.8) is 0 Å². The van der Waals surface area contributed by atoms with Crippen LogP contribution in [0.5, 0.6) is 5.75 Å². The van der Waals surface area contributed by atoms with Gasteiger partial charge in [0.15, 0.2) is 6.61 Å². The van der Waals surface area contributed by atoms with E-state index < -0.39 is 0 Å². The topological polar surface area (TPSA) is 85.2 Å². The van der Waals surface area contributed by atoms with Crippen molar-refractivity contribution in [3.8, 4) is 5.75 Å². The van der Waals surface area contributed by atoms with E-state index in [0.29, 0.717) is 17.1 Å². The van der Waals surface area contributed by atoms with Gasteiger partial charge < -0.3 is 19.9 Å². The van der Waals surface area contributed by atoms with Gasteiger partial charge in [-0.2, -0.15) is 0 Å². The largest absolute Gasteiger partial charge is 0.484 e. The minimum Gasteiger partial charge on any atom is -0.484 e. The molecule has 0 bridgehead atoms. The maximum Gasteiger partial charge on any atom is 0.262 e. The second-order valence-corrected chi connectivity index (χ2v) is 7.24. The number of amides is 2. The number of fused-ring (bicyclic) bond motifs is 1. The maximum absolute atomic E-state index is 12.7. The zero-order valence-corrected chi connectivity index (χ0v) is 17.7. The zero-order valence-electron chi connectivity index (χ0n) is 17.7. The van der Waals surface area contributed by atoms with E-state index >= 15 is 0 Å². The SMILES string of the molecule is CCc1nc2ccccc2n1CC(=O)Nc1cccc(OCC(=O)Nc2ccccc2)c1. The summed E-state index contributed by atoms with van der Waals surface area (Å²) in [5.41, 5.74) is 3.11. The molecule has 2 amide bonds. The number of imidazole rings is 1. The number of aryl methyl sites for hydroxylation is 1. The standard InChI is InChI=1S/C25H24N4O3/c1-2-23-28-21-13-6-7-14-22(21)29(23)16-24(30)27-19-11-8-12-20(15-19)32-17-25(31)26-18-9-4-3-5-10-18/h3-15H,2,16-17H2,1H3,(H,26,31)(H,27,30). The number of para-hydroxylation sites is 3. The zero-order chi connectivity index (χ0) is 22.3. The number of carbonyl (C=O) groups is 2. The highest BCUT2D eigenvalue weighted by atomic mass is 16.5. The minimum absolute atomic E-state index is 0.132. The summed E-state index contributed by atoms with van der Waals surface area (Å²) in [7, 11) is 0. The number of aromatic nitrogens is 2. The molecular formula is C25H24N4O3. The van der Waals surface area contributed by atoms with Gasteiger partial charge in [0.1, 0.15) is 18.1 Å². The van der Waals surface area contributed by atoms with Crippen molar-refractivity contribution in [1.29, 1.82) is 0 Å². The van der Waals surface area contributed by atoms with Gasteiger partial charge in [0.25, 0.3) is 5.91 Å². The maximum atomic E-state index is 12.7. The van der Waals surface area contributed by atoms with E-state index in [1.165, 1.54) is 0 Å². The van der Waals surface area contributed by atoms with Crippen LogP contribution in [0.2, 0.25) is 0 Å². The van der Waals surface area contributed by atoms with Gasteiger partial charge in [-0.05, 0) is 36.4 Å². The molecule has 3 aromatic carbocycles. The molecule has 0 aliphatic rings. The third kappa shape index (κ3) is 5.13. The first-order valence-corrected chi connectivity index (χ1v) is 10.4. The van der Waals surface area contributed by atoms with E-state index in [1.54, 1.807) is 24.3 Å². The average molecular weight is 428 g/mol. The van der Waals surface area contributed by atoms with Crippen LogP contribution in [0.1, 0.15) is 12.7 Å². The van der Waals surface area contributed by atoms with Crippen molar-refractivity contribution in [3.05, 3.63) is 84.7 Å². The summed E-state index contributed by atoms with van der Waals surface area (Å²) >= 11 is 0. The molecule has 4 rings (SSSR count). The van der Waals surface area contributed by atoms with Gasteiger partial charge in [0, 0.05) is 23.9 Å². The first-order chi connectivity index (χ1) is 15.6. The highest BCUT2D eigenvalue weighted by Gasteiger charge is 2.13. The summed E-state index contributed by atoms with van der Waals surface area (Å²) in [6.45, 7) is 2.05. The summed E-state index contributed by atoms with van der Waals surface area (Å²) in [6, 6.07) is 23.9. The number of carbonyl (C=O) groups excluding carboxylic acids is 2. The van der Waals surface area contributed by atoms with Crippen LogP contribution in [0.3, 0.4) is 0 Å². The van der Waals surface area contributed by atoms with E-state index in [0.717, 1.165) is 23.3 Å². The minimum atomic E-state index is -0.260. The monoisotopic (exact) mass is 428 g/mol. The molecule has 0 spiro atoms. The molecule has 0 saturated carbocycles. The molecule has 7 heteroatoms. The van der Waals surface area contributed by atoms with Gasteiger partial charge in [-0.1, -0.05) is 43.3 Å². The van der Waals surface area contributed by atoms with Crippen LogP contribution >= 0.6 is 0 Å². The first-order valence-electron chi connectivity index (χ1n) is 10.4. The molecular weight excluding hydrogens is 404 g/mol. The fraction of sp³-hybridized carbons (Fsp3) is 0.160. The second kappa shape index (κ2) is 9.78. The van der Waals surface area contributed by atoms with Crippen LogP contribution in [0, 0.1) is 0 Å². The van der Waals surface area contributed by atoms with E-state index in [-0.39, 0.29) is 25.0 Å². The highest BCUT2D eigenvalue weighted by Crippen LogP contribution is 2.19. The number of nitrogens with one attached hydrogen (secondary N) is 2. The van der Waals surface area contributed by atoms with Crippen LogP contribution < -0.4 is 15.4 Å². The Bertz CT molecular complexity index is 1230. The number of ether oxygens (including phenoxy) is 1. The number of nitrogens with zero attached hydrogens (tertiary/aromatic N) is 2. The molecule has 4 aromatic rings. The van der Waals surface area contributed by atoms with E-state index in [2.05, 4.69) is 15.6 Å². The number of hydrogen-bond acceptors (Lipinski definition) is 4. The number of rotatable bonds is 8. The van der Waals surface area contributed by atoms with Crippen molar-refractivity contribution in [1.82, 2.24) is 9.55 Å². The molecule has 0 radical (unpaired) electrons. The average Bonchev–Trinajstić information content (AvgIpc) is 3.16. The van der Waals surface area contributed by atoms with Crippen LogP contribution in [-0.2, 0) is 22.6 Å². The fourth-order valence-electron chi connectivity index (χ4n) is 3.45. The van der Waals surface area contributed by atoms with Crippen molar-refractivity contribution in [2.24, 2.45) is 0 Å². The van der Waals surface area contributed by atoms with Gasteiger partial charge >= 0.3 is 0 Å². The molecule has 0 aliphatic carbocycles. The second-order valence-electron chi connectivity index (χ2n) is 7.24. The molecule has 162 valence electrons. The third-order valence-electron chi connectivity index (χ3n) is 4.90. The quantitative estimate of drug-likeness (QED) is 0.439. The predicted octanol–water partition coefficient (Wildman–Crippen LogP) is 4.25. The van der Waals surface area contributed by atoms with Gasteiger partial charge in [0.05, 0.1) is 11.0 Å². The molecule has 2 N–H and O–H groups in total. The Hall–Kier alpha value is -4.13. The smallest absolute Gasteiger partial charge is 0.262 e. The van der Waals surface area contributed by atoms with Gasteiger partial charge in [0.2, 0.25) is 5.91 Å². The molecule has 32 heavy (non-hydrogen) atoms. The Morgan fingerprint density at radius 2 is 1.59 bits per heavy atom. The van der Waals surface area contributed by atoms with E-state index in [4.69, 9.17) is 4.74 Å². The van der Waals surface area contributed by atoms with Crippen LogP contribution in [0.25, 0.3) is 11.0 Å². The van der Waals surface area contributed by atoms with Crippen LogP contribution in [0.15, 0.2) is 78.9 Å². The summed E-state index contributed by atoms with van der Waals surface area (Å²) in [5.74, 6) is 0.933. The molecule has 0 aliphatic heterocycles. The van der Waals surface area contributed by atoms with Crippen LogP contribution in [0.4, 0.5) is 11.4 Å². The third-order valence-corrected chi connectivity index (χ3v) is 4.90. The van der Waals surface area contributed by atoms with E-state index in [1.807, 2.05) is 66.1 Å². The summed E-state index contributed by atoms with van der Waals surface area (Å²) in [6.07, 6.45) is 0.732. The van der Waals surface area contributed by atoms with Gasteiger partial charge in [-0.15, -0.1) is 0 Å². The fourth-order valence-corrected chi connectivity index (χ4v) is 3.45. The highest BCUT2D eigenvalue weighted by molar-refractivity contribution is 5.92. The predicted molar refractivity (Wildman–Crippen MR) is 125 cm³/mol. The van der Waals surface area contributed by atoms with Crippen molar-refractivity contribution >= 4 is 34.2 Å². The van der Waals surface area contributed by atoms with Crippen LogP contribution in [-0.4, -0.2) is 28.0 Å². The summed E-state index contributed by atoms with van der Waals surface area (Å²) in [5, 5.41) is 5.66. The Labute approximate surface area is 186 Å². The number of anilines is 2. The molecule has 0 unspecified atom stereocenters. The lowest BCUT2D eigenvalue weighted by molar-refractivity contribution is -0.118.